The molecule has 8 heteroatoms. The molecule has 2 rings (SSSR count). The van der Waals surface area contributed by atoms with Gasteiger partial charge in [0.25, 0.3) is 5.56 Å². The third-order valence-corrected chi connectivity index (χ3v) is 2.35. The van der Waals surface area contributed by atoms with E-state index in [1.165, 1.54) is 21.8 Å². The summed E-state index contributed by atoms with van der Waals surface area (Å²) in [4.78, 5) is 19.9. The molecule has 2 aromatic heterocycles. The Labute approximate surface area is 102 Å². The van der Waals surface area contributed by atoms with Gasteiger partial charge in [-0.25, -0.2) is 9.97 Å². The van der Waals surface area contributed by atoms with Crippen LogP contribution in [0.1, 0.15) is 12.7 Å². The summed E-state index contributed by atoms with van der Waals surface area (Å²) in [5, 5.41) is 3.98. The first-order chi connectivity index (χ1) is 8.13. The molecular formula is C9H10N6OS. The van der Waals surface area contributed by atoms with Gasteiger partial charge >= 0.3 is 0 Å². The second kappa shape index (κ2) is 4.42. The van der Waals surface area contributed by atoms with E-state index in [-0.39, 0.29) is 22.2 Å². The highest BCUT2D eigenvalue weighted by Gasteiger charge is 2.10. The van der Waals surface area contributed by atoms with Crippen LogP contribution in [0.25, 0.3) is 5.82 Å². The van der Waals surface area contributed by atoms with Crippen molar-refractivity contribution in [3.63, 3.8) is 0 Å². The lowest BCUT2D eigenvalue weighted by Gasteiger charge is -2.03. The minimum absolute atomic E-state index is 0.0792. The van der Waals surface area contributed by atoms with Crippen molar-refractivity contribution in [3.05, 3.63) is 34.9 Å². The molecule has 2 heterocycles. The highest BCUT2D eigenvalue weighted by molar-refractivity contribution is 7.80. The molecule has 0 amide bonds. The average molecular weight is 250 g/mol. The summed E-state index contributed by atoms with van der Waals surface area (Å²) in [6.07, 6.45) is 4.50. The first kappa shape index (κ1) is 11.4. The number of aryl methyl sites for hydroxylation is 1. The van der Waals surface area contributed by atoms with Crippen LogP contribution in [0.4, 0.5) is 0 Å². The summed E-state index contributed by atoms with van der Waals surface area (Å²) in [5.74, 6) is 0.387. The fourth-order valence-electron chi connectivity index (χ4n) is 1.32. The van der Waals surface area contributed by atoms with E-state index in [1.54, 1.807) is 6.20 Å². The fourth-order valence-corrected chi connectivity index (χ4v) is 1.41. The number of hydrogen-bond donors (Lipinski definition) is 1. The van der Waals surface area contributed by atoms with Crippen molar-refractivity contribution in [2.75, 3.05) is 0 Å². The van der Waals surface area contributed by atoms with Crippen LogP contribution in [0.3, 0.4) is 0 Å². The Bertz CT molecular complexity index is 616. The Morgan fingerprint density at radius 1 is 1.53 bits per heavy atom. The quantitative estimate of drug-likeness (QED) is 0.737. The van der Waals surface area contributed by atoms with Crippen LogP contribution < -0.4 is 11.3 Å². The molecule has 0 atom stereocenters. The van der Waals surface area contributed by atoms with E-state index in [0.717, 1.165) is 0 Å². The van der Waals surface area contributed by atoms with Gasteiger partial charge in [0.1, 0.15) is 11.3 Å². The van der Waals surface area contributed by atoms with Crippen LogP contribution in [0.2, 0.25) is 0 Å². The molecule has 0 saturated carbocycles. The van der Waals surface area contributed by atoms with Crippen molar-refractivity contribution < 1.29 is 0 Å². The molecule has 2 N–H and O–H groups in total. The van der Waals surface area contributed by atoms with E-state index >= 15 is 0 Å². The van der Waals surface area contributed by atoms with Crippen LogP contribution in [-0.2, 0) is 6.54 Å². The number of hydrogen-bond acceptors (Lipinski definition) is 5. The highest BCUT2D eigenvalue weighted by Crippen LogP contribution is 1.96. The van der Waals surface area contributed by atoms with Gasteiger partial charge in [-0.15, -0.1) is 5.10 Å². The van der Waals surface area contributed by atoms with Gasteiger partial charge < -0.3 is 10.3 Å². The van der Waals surface area contributed by atoms with E-state index in [0.29, 0.717) is 6.54 Å². The SMILES string of the molecule is CCn1ccnc(-n2cnc(C(N)=S)n2)c1=O. The molecule has 0 radical (unpaired) electrons. The van der Waals surface area contributed by atoms with Gasteiger partial charge in [-0.2, -0.15) is 4.68 Å². The molecule has 7 nitrogen and oxygen atoms in total. The van der Waals surface area contributed by atoms with Crippen molar-refractivity contribution >= 4 is 17.2 Å². The first-order valence-electron chi connectivity index (χ1n) is 4.90. The lowest BCUT2D eigenvalue weighted by atomic mass is 10.6. The van der Waals surface area contributed by atoms with Crippen molar-refractivity contribution in [1.29, 1.82) is 0 Å². The zero-order valence-electron chi connectivity index (χ0n) is 9.07. The van der Waals surface area contributed by atoms with Crippen molar-refractivity contribution in [1.82, 2.24) is 24.3 Å². The second-order valence-electron chi connectivity index (χ2n) is 3.22. The zero-order valence-corrected chi connectivity index (χ0v) is 9.89. The Balaban J connectivity index is 2.53. The standard InChI is InChI=1S/C9H10N6OS/c1-2-14-4-3-11-8(9(14)16)15-5-12-7(13-15)6(10)17/h3-5H,2H2,1H3,(H2,10,17). The first-order valence-corrected chi connectivity index (χ1v) is 5.31. The Hall–Kier alpha value is -2.09. The number of aromatic nitrogens is 5. The summed E-state index contributed by atoms with van der Waals surface area (Å²) >= 11 is 4.74. The van der Waals surface area contributed by atoms with Crippen LogP contribution >= 0.6 is 12.2 Å². The minimum Gasteiger partial charge on any atom is -0.387 e. The molecule has 0 aliphatic rings. The smallest absolute Gasteiger partial charge is 0.295 e. The Kier molecular flexibility index (Phi) is 2.96. The van der Waals surface area contributed by atoms with E-state index in [2.05, 4.69) is 15.1 Å². The van der Waals surface area contributed by atoms with Gasteiger partial charge in [0.15, 0.2) is 0 Å². The number of thiocarbonyl (C=S) groups is 1. The molecule has 88 valence electrons. The largest absolute Gasteiger partial charge is 0.387 e. The maximum Gasteiger partial charge on any atom is 0.295 e. The molecule has 0 spiro atoms. The second-order valence-corrected chi connectivity index (χ2v) is 3.66. The predicted molar refractivity (Wildman–Crippen MR) is 65.0 cm³/mol. The summed E-state index contributed by atoms with van der Waals surface area (Å²) in [5.41, 5.74) is 5.15. The van der Waals surface area contributed by atoms with E-state index in [9.17, 15) is 4.79 Å². The molecular weight excluding hydrogens is 240 g/mol. The molecule has 0 bridgehead atoms. The lowest BCUT2D eigenvalue weighted by molar-refractivity contribution is 0.692. The van der Waals surface area contributed by atoms with Gasteiger partial charge in [-0.1, -0.05) is 12.2 Å². The molecule has 0 aromatic carbocycles. The van der Waals surface area contributed by atoms with Gasteiger partial charge in [0, 0.05) is 18.9 Å². The summed E-state index contributed by atoms with van der Waals surface area (Å²) < 4.78 is 2.79. The van der Waals surface area contributed by atoms with Gasteiger partial charge in [0.2, 0.25) is 11.6 Å². The zero-order chi connectivity index (χ0) is 12.4. The van der Waals surface area contributed by atoms with Crippen LogP contribution in [0, 0.1) is 0 Å². The third kappa shape index (κ3) is 2.07. The molecule has 0 fully saturated rings. The summed E-state index contributed by atoms with van der Waals surface area (Å²) in [7, 11) is 0. The lowest BCUT2D eigenvalue weighted by Crippen LogP contribution is -2.25. The number of nitrogens with two attached hydrogens (primary N) is 1. The predicted octanol–water partition coefficient (Wildman–Crippen LogP) is -0.522. The summed E-state index contributed by atoms with van der Waals surface area (Å²) in [6.45, 7) is 2.43. The normalized spacial score (nSPS) is 10.4. The molecule has 2 aromatic rings. The van der Waals surface area contributed by atoms with E-state index in [1.807, 2.05) is 6.92 Å². The van der Waals surface area contributed by atoms with Crippen LogP contribution in [0.15, 0.2) is 23.5 Å². The maximum atomic E-state index is 11.9. The molecule has 0 unspecified atom stereocenters. The average Bonchev–Trinajstić information content (AvgIpc) is 2.78. The van der Waals surface area contributed by atoms with Crippen molar-refractivity contribution in [3.8, 4) is 5.82 Å². The topological polar surface area (TPSA) is 91.6 Å². The van der Waals surface area contributed by atoms with Gasteiger partial charge in [0.05, 0.1) is 0 Å². The van der Waals surface area contributed by atoms with Gasteiger partial charge in [-0.3, -0.25) is 4.79 Å². The number of nitrogens with zero attached hydrogens (tertiary/aromatic N) is 5. The van der Waals surface area contributed by atoms with Crippen LogP contribution in [0.5, 0.6) is 0 Å². The number of rotatable bonds is 3. The van der Waals surface area contributed by atoms with Gasteiger partial charge in [-0.05, 0) is 6.92 Å². The Morgan fingerprint density at radius 3 is 2.88 bits per heavy atom. The molecule has 17 heavy (non-hydrogen) atoms. The molecule has 0 saturated heterocycles. The maximum absolute atomic E-state index is 11.9. The third-order valence-electron chi connectivity index (χ3n) is 2.17. The van der Waals surface area contributed by atoms with Crippen LogP contribution in [-0.4, -0.2) is 29.3 Å². The van der Waals surface area contributed by atoms with E-state index < -0.39 is 0 Å². The summed E-state index contributed by atoms with van der Waals surface area (Å²) in [6, 6.07) is 0. The van der Waals surface area contributed by atoms with E-state index in [4.69, 9.17) is 18.0 Å². The Morgan fingerprint density at radius 2 is 2.29 bits per heavy atom. The fraction of sp³-hybridized carbons (Fsp3) is 0.222. The minimum atomic E-state index is -0.241. The monoisotopic (exact) mass is 250 g/mol. The van der Waals surface area contributed by atoms with Crippen molar-refractivity contribution in [2.24, 2.45) is 5.73 Å². The molecule has 0 aliphatic heterocycles. The molecule has 0 aliphatic carbocycles. The van der Waals surface area contributed by atoms with Crippen molar-refractivity contribution in [2.45, 2.75) is 13.5 Å². The highest BCUT2D eigenvalue weighted by atomic mass is 32.1.